The number of aromatic nitrogens is 3. The Labute approximate surface area is 161 Å². The molecule has 1 fully saturated rings. The van der Waals surface area contributed by atoms with Crippen LogP contribution < -0.4 is 10.1 Å². The van der Waals surface area contributed by atoms with E-state index in [1.807, 2.05) is 0 Å². The Morgan fingerprint density at radius 1 is 1.25 bits per heavy atom. The number of likely N-dealkylation sites (tertiary alicyclic amines) is 1. The van der Waals surface area contributed by atoms with Crippen LogP contribution in [0.1, 0.15) is 30.4 Å². The third-order valence-electron chi connectivity index (χ3n) is 5.28. The zero-order chi connectivity index (χ0) is 19.5. The summed E-state index contributed by atoms with van der Waals surface area (Å²) in [6.45, 7) is 3.56. The number of amides is 1. The van der Waals surface area contributed by atoms with E-state index < -0.39 is 4.92 Å². The summed E-state index contributed by atoms with van der Waals surface area (Å²) in [5.74, 6) is 2.22. The molecule has 2 aromatic rings. The topological polar surface area (TPSA) is 115 Å². The summed E-state index contributed by atoms with van der Waals surface area (Å²) in [5, 5.41) is 23.0. The van der Waals surface area contributed by atoms with E-state index in [2.05, 4.69) is 20.1 Å². The molecular formula is C18H22N6O4. The van der Waals surface area contributed by atoms with Crippen LogP contribution in [0.4, 0.5) is 5.69 Å². The van der Waals surface area contributed by atoms with Crippen LogP contribution in [0.3, 0.4) is 0 Å². The summed E-state index contributed by atoms with van der Waals surface area (Å²) in [6, 6.07) is 6.07. The molecule has 1 amide bonds. The number of piperidine rings is 1. The van der Waals surface area contributed by atoms with Crippen LogP contribution in [-0.2, 0) is 17.9 Å². The lowest BCUT2D eigenvalue weighted by molar-refractivity contribution is -0.385. The zero-order valence-electron chi connectivity index (χ0n) is 15.4. The van der Waals surface area contributed by atoms with Gasteiger partial charge < -0.3 is 19.5 Å². The Morgan fingerprint density at radius 2 is 2.04 bits per heavy atom. The molecule has 0 unspecified atom stereocenters. The first-order valence-corrected chi connectivity index (χ1v) is 9.40. The second-order valence-electron chi connectivity index (χ2n) is 6.97. The number of rotatable bonds is 5. The molecule has 28 heavy (non-hydrogen) atoms. The lowest BCUT2D eigenvalue weighted by atomic mass is 9.95. The lowest BCUT2D eigenvalue weighted by Gasteiger charge is -2.32. The minimum Gasteiger partial charge on any atom is -0.477 e. The number of carbonyl (C=O) groups excluding carboxylic acids is 1. The van der Waals surface area contributed by atoms with Gasteiger partial charge >= 0.3 is 5.69 Å². The van der Waals surface area contributed by atoms with Crippen LogP contribution in [0.2, 0.25) is 0 Å². The van der Waals surface area contributed by atoms with Gasteiger partial charge in [0.15, 0.2) is 12.4 Å². The van der Waals surface area contributed by atoms with Gasteiger partial charge in [-0.05, 0) is 18.9 Å². The number of nitrogens with zero attached hydrogens (tertiary/aromatic N) is 5. The first-order chi connectivity index (χ1) is 13.6. The highest BCUT2D eigenvalue weighted by molar-refractivity contribution is 5.78. The molecule has 0 radical (unpaired) electrons. The van der Waals surface area contributed by atoms with Gasteiger partial charge in [0.25, 0.3) is 5.91 Å². The molecule has 0 bridgehead atoms. The molecule has 2 aliphatic heterocycles. The molecule has 148 valence electrons. The van der Waals surface area contributed by atoms with Gasteiger partial charge in [0.05, 0.1) is 11.5 Å². The minimum atomic E-state index is -0.514. The monoisotopic (exact) mass is 386 g/mol. The van der Waals surface area contributed by atoms with Crippen molar-refractivity contribution < 1.29 is 14.5 Å². The van der Waals surface area contributed by atoms with E-state index in [1.54, 1.807) is 17.0 Å². The number of benzene rings is 1. The molecule has 10 nitrogen and oxygen atoms in total. The van der Waals surface area contributed by atoms with Crippen molar-refractivity contribution in [3.05, 3.63) is 46.0 Å². The van der Waals surface area contributed by atoms with Crippen LogP contribution in [0, 0.1) is 10.1 Å². The van der Waals surface area contributed by atoms with Gasteiger partial charge in [0.1, 0.15) is 11.6 Å². The first kappa shape index (κ1) is 18.4. The average Bonchev–Trinajstić information content (AvgIpc) is 3.16. The SMILES string of the molecule is O=C(COc1ccccc1[N+](=O)[O-])N1CCC(c2nnc3n2CCNC3)CC1. The van der Waals surface area contributed by atoms with E-state index in [-0.39, 0.29) is 24.0 Å². The Morgan fingerprint density at radius 3 is 2.82 bits per heavy atom. The number of hydrogen-bond acceptors (Lipinski definition) is 7. The van der Waals surface area contributed by atoms with Gasteiger partial charge in [-0.25, -0.2) is 0 Å². The third kappa shape index (κ3) is 3.68. The number of fused-ring (bicyclic) bond motifs is 1. The molecule has 0 atom stereocenters. The maximum atomic E-state index is 12.5. The van der Waals surface area contributed by atoms with Crippen LogP contribution in [-0.4, -0.2) is 56.7 Å². The number of nitro benzene ring substituents is 1. The van der Waals surface area contributed by atoms with Crippen LogP contribution in [0.5, 0.6) is 5.75 Å². The molecule has 0 spiro atoms. The van der Waals surface area contributed by atoms with Crippen molar-refractivity contribution in [3.63, 3.8) is 0 Å². The predicted octanol–water partition coefficient (Wildman–Crippen LogP) is 1.07. The van der Waals surface area contributed by atoms with Gasteiger partial charge in [-0.1, -0.05) is 12.1 Å². The molecule has 1 N–H and O–H groups in total. The predicted molar refractivity (Wildman–Crippen MR) is 98.9 cm³/mol. The van der Waals surface area contributed by atoms with Gasteiger partial charge in [-0.2, -0.15) is 0 Å². The van der Waals surface area contributed by atoms with E-state index in [1.165, 1.54) is 12.1 Å². The number of para-hydroxylation sites is 2. The van der Waals surface area contributed by atoms with Gasteiger partial charge in [-0.3, -0.25) is 14.9 Å². The standard InChI is InChI=1S/C18H22N6O4/c25-17(12-28-15-4-2-1-3-14(15)24(26)27)22-8-5-13(6-9-22)18-21-20-16-11-19-7-10-23(16)18/h1-4,13,19H,5-12H2. The molecule has 2 aliphatic rings. The van der Waals surface area contributed by atoms with Crippen molar-refractivity contribution in [3.8, 4) is 5.75 Å². The minimum absolute atomic E-state index is 0.111. The normalized spacial score (nSPS) is 17.2. The van der Waals surface area contributed by atoms with E-state index in [0.717, 1.165) is 44.1 Å². The van der Waals surface area contributed by atoms with Crippen molar-refractivity contribution in [1.29, 1.82) is 0 Å². The van der Waals surface area contributed by atoms with Gasteiger partial charge in [0.2, 0.25) is 0 Å². The van der Waals surface area contributed by atoms with E-state index in [4.69, 9.17) is 4.74 Å². The molecule has 1 aromatic carbocycles. The average molecular weight is 386 g/mol. The molecule has 0 saturated carbocycles. The molecule has 10 heteroatoms. The van der Waals surface area contributed by atoms with Crippen molar-refractivity contribution in [2.45, 2.75) is 31.8 Å². The van der Waals surface area contributed by atoms with Crippen molar-refractivity contribution >= 4 is 11.6 Å². The van der Waals surface area contributed by atoms with Crippen molar-refractivity contribution in [2.75, 3.05) is 26.2 Å². The fraction of sp³-hybridized carbons (Fsp3) is 0.500. The lowest BCUT2D eigenvalue weighted by Crippen LogP contribution is -2.41. The highest BCUT2D eigenvalue weighted by atomic mass is 16.6. The van der Waals surface area contributed by atoms with Crippen molar-refractivity contribution in [1.82, 2.24) is 25.0 Å². The van der Waals surface area contributed by atoms with Crippen LogP contribution in [0.25, 0.3) is 0 Å². The maximum Gasteiger partial charge on any atom is 0.310 e. The number of carbonyl (C=O) groups is 1. The summed E-state index contributed by atoms with van der Waals surface area (Å²) >= 11 is 0. The van der Waals surface area contributed by atoms with Crippen LogP contribution in [0.15, 0.2) is 24.3 Å². The summed E-state index contributed by atoms with van der Waals surface area (Å²) in [4.78, 5) is 24.7. The number of nitro groups is 1. The fourth-order valence-corrected chi connectivity index (χ4v) is 3.76. The largest absolute Gasteiger partial charge is 0.477 e. The summed E-state index contributed by atoms with van der Waals surface area (Å²) in [5.41, 5.74) is -0.139. The van der Waals surface area contributed by atoms with E-state index >= 15 is 0 Å². The Balaban J connectivity index is 1.32. The highest BCUT2D eigenvalue weighted by Crippen LogP contribution is 2.29. The summed E-state index contributed by atoms with van der Waals surface area (Å²) in [7, 11) is 0. The molecule has 4 rings (SSSR count). The van der Waals surface area contributed by atoms with E-state index in [9.17, 15) is 14.9 Å². The Bertz CT molecular complexity index is 875. The smallest absolute Gasteiger partial charge is 0.310 e. The second kappa shape index (κ2) is 7.93. The fourth-order valence-electron chi connectivity index (χ4n) is 3.76. The first-order valence-electron chi connectivity index (χ1n) is 9.40. The zero-order valence-corrected chi connectivity index (χ0v) is 15.4. The van der Waals surface area contributed by atoms with Gasteiger partial charge in [-0.15, -0.1) is 10.2 Å². The molecular weight excluding hydrogens is 364 g/mol. The third-order valence-corrected chi connectivity index (χ3v) is 5.28. The summed E-state index contributed by atoms with van der Waals surface area (Å²) < 4.78 is 7.61. The number of hydrogen-bond donors (Lipinski definition) is 1. The maximum absolute atomic E-state index is 12.5. The van der Waals surface area contributed by atoms with Crippen molar-refractivity contribution in [2.24, 2.45) is 0 Å². The Hall–Kier alpha value is -3.01. The number of ether oxygens (including phenoxy) is 1. The second-order valence-corrected chi connectivity index (χ2v) is 6.97. The molecule has 1 saturated heterocycles. The Kier molecular flexibility index (Phi) is 5.20. The van der Waals surface area contributed by atoms with Crippen LogP contribution >= 0.6 is 0 Å². The van der Waals surface area contributed by atoms with Gasteiger partial charge in [0, 0.05) is 38.2 Å². The molecule has 3 heterocycles. The molecule has 0 aliphatic carbocycles. The molecule has 1 aromatic heterocycles. The number of nitrogens with one attached hydrogen (secondary N) is 1. The highest BCUT2D eigenvalue weighted by Gasteiger charge is 2.29. The van der Waals surface area contributed by atoms with E-state index in [0.29, 0.717) is 19.0 Å². The summed E-state index contributed by atoms with van der Waals surface area (Å²) in [6.07, 6.45) is 1.64. The quantitative estimate of drug-likeness (QED) is 0.604.